The molecule has 2 rings (SSSR count). The summed E-state index contributed by atoms with van der Waals surface area (Å²) in [6, 6.07) is 12.5. The van der Waals surface area contributed by atoms with Crippen LogP contribution in [0.25, 0.3) is 0 Å². The Morgan fingerprint density at radius 2 is 1.66 bits per heavy atom. The third-order valence-electron chi connectivity index (χ3n) is 3.96. The second-order valence-electron chi connectivity index (χ2n) is 7.52. The summed E-state index contributed by atoms with van der Waals surface area (Å²) in [5, 5.41) is 5.41. The number of anilines is 1. The number of carbonyl (C=O) groups is 2. The number of carbonyl (C=O) groups excluding carboxylic acids is 2. The van der Waals surface area contributed by atoms with Gasteiger partial charge >= 0.3 is 0 Å². The van der Waals surface area contributed by atoms with Crippen molar-refractivity contribution in [2.45, 2.75) is 43.4 Å². The summed E-state index contributed by atoms with van der Waals surface area (Å²) in [7, 11) is 3.15. The zero-order valence-electron chi connectivity index (χ0n) is 17.7. The highest BCUT2D eigenvalue weighted by Gasteiger charge is 2.21. The van der Waals surface area contributed by atoms with Crippen molar-refractivity contribution in [1.29, 1.82) is 0 Å². The average molecular weight is 417 g/mol. The van der Waals surface area contributed by atoms with E-state index in [9.17, 15) is 9.59 Å². The van der Waals surface area contributed by atoms with Gasteiger partial charge in [0.25, 0.3) is 5.91 Å². The topological polar surface area (TPSA) is 76.7 Å². The van der Waals surface area contributed by atoms with Crippen LogP contribution in [0.1, 0.15) is 38.1 Å². The minimum absolute atomic E-state index is 0.194. The van der Waals surface area contributed by atoms with Gasteiger partial charge in [0.2, 0.25) is 5.91 Å². The predicted octanol–water partition coefficient (Wildman–Crippen LogP) is 4.35. The Balaban J connectivity index is 2.11. The molecule has 0 fully saturated rings. The first-order valence-corrected chi connectivity index (χ1v) is 10.1. The molecular weight excluding hydrogens is 388 g/mol. The van der Waals surface area contributed by atoms with Gasteiger partial charge in [0.05, 0.1) is 30.7 Å². The summed E-state index contributed by atoms with van der Waals surface area (Å²) >= 11 is 1.40. The minimum atomic E-state index is -0.383. The highest BCUT2D eigenvalue weighted by atomic mass is 32.2. The molecule has 2 aromatic rings. The number of thioether (sulfide) groups is 1. The summed E-state index contributed by atoms with van der Waals surface area (Å²) < 4.78 is 10.6. The number of methoxy groups -OCH3 is 2. The monoisotopic (exact) mass is 416 g/mol. The Morgan fingerprint density at radius 3 is 2.28 bits per heavy atom. The maximum Gasteiger partial charge on any atom is 0.253 e. The molecule has 0 bridgehead atoms. The number of benzene rings is 2. The first kappa shape index (κ1) is 22.6. The van der Waals surface area contributed by atoms with E-state index in [0.29, 0.717) is 22.7 Å². The van der Waals surface area contributed by atoms with Gasteiger partial charge in [-0.2, -0.15) is 0 Å². The third kappa shape index (κ3) is 6.42. The van der Waals surface area contributed by atoms with Crippen molar-refractivity contribution >= 4 is 29.3 Å². The molecule has 1 atom stereocenters. The molecule has 0 aliphatic carbocycles. The maximum absolute atomic E-state index is 12.7. The summed E-state index contributed by atoms with van der Waals surface area (Å²) in [5.41, 5.74) is 0.545. The quantitative estimate of drug-likeness (QED) is 0.656. The molecule has 0 saturated carbocycles. The predicted molar refractivity (Wildman–Crippen MR) is 117 cm³/mol. The van der Waals surface area contributed by atoms with Gasteiger partial charge in [-0.05, 0) is 58.0 Å². The standard InChI is InChI=1S/C22H28N2O4S/c1-14(29-15-11-12-18(27-5)19(13-15)28-6)20(25)23-17-10-8-7-9-16(17)21(26)24-22(2,3)4/h7-14H,1-6H3,(H,23,25)(H,24,26)/t14-/m0/s1. The van der Waals surface area contributed by atoms with Gasteiger partial charge in [-0.25, -0.2) is 0 Å². The molecule has 0 heterocycles. The van der Waals surface area contributed by atoms with Gasteiger partial charge in [0, 0.05) is 10.4 Å². The number of rotatable bonds is 7. The number of amides is 2. The van der Waals surface area contributed by atoms with Crippen LogP contribution in [0.5, 0.6) is 11.5 Å². The lowest BCUT2D eigenvalue weighted by Crippen LogP contribution is -2.41. The van der Waals surface area contributed by atoms with E-state index < -0.39 is 0 Å². The Hall–Kier alpha value is -2.67. The number of nitrogens with one attached hydrogen (secondary N) is 2. The van der Waals surface area contributed by atoms with Gasteiger partial charge in [-0.1, -0.05) is 12.1 Å². The molecule has 0 aromatic heterocycles. The first-order chi connectivity index (χ1) is 13.6. The number of ether oxygens (including phenoxy) is 2. The van der Waals surface area contributed by atoms with Crippen molar-refractivity contribution in [3.8, 4) is 11.5 Å². The molecule has 29 heavy (non-hydrogen) atoms. The van der Waals surface area contributed by atoms with Crippen LogP contribution in [0.2, 0.25) is 0 Å². The SMILES string of the molecule is COc1ccc(S[C@@H](C)C(=O)Nc2ccccc2C(=O)NC(C)(C)C)cc1OC. The lowest BCUT2D eigenvalue weighted by atomic mass is 10.1. The normalized spacial score (nSPS) is 12.1. The second-order valence-corrected chi connectivity index (χ2v) is 8.93. The smallest absolute Gasteiger partial charge is 0.253 e. The van der Waals surface area contributed by atoms with E-state index in [1.165, 1.54) is 11.8 Å². The first-order valence-electron chi connectivity index (χ1n) is 9.25. The molecule has 2 aromatic carbocycles. The minimum Gasteiger partial charge on any atom is -0.493 e. The lowest BCUT2D eigenvalue weighted by molar-refractivity contribution is -0.115. The molecular formula is C22H28N2O4S. The van der Waals surface area contributed by atoms with Crippen molar-refractivity contribution in [2.75, 3.05) is 19.5 Å². The van der Waals surface area contributed by atoms with Gasteiger partial charge in [0.1, 0.15) is 0 Å². The summed E-state index contributed by atoms with van der Waals surface area (Å²) in [4.78, 5) is 26.2. The Bertz CT molecular complexity index is 877. The number of hydrogen-bond donors (Lipinski definition) is 2. The van der Waals surface area contributed by atoms with Gasteiger partial charge in [0.15, 0.2) is 11.5 Å². The highest BCUT2D eigenvalue weighted by Crippen LogP contribution is 2.33. The molecule has 7 heteroatoms. The molecule has 0 spiro atoms. The largest absolute Gasteiger partial charge is 0.493 e. The fraction of sp³-hybridized carbons (Fsp3) is 0.364. The highest BCUT2D eigenvalue weighted by molar-refractivity contribution is 8.00. The van der Waals surface area contributed by atoms with Crippen LogP contribution >= 0.6 is 11.8 Å². The van der Waals surface area contributed by atoms with Gasteiger partial charge < -0.3 is 20.1 Å². The van der Waals surface area contributed by atoms with Crippen LogP contribution in [-0.2, 0) is 4.79 Å². The van der Waals surface area contributed by atoms with Gasteiger partial charge in [-0.15, -0.1) is 11.8 Å². The van der Waals surface area contributed by atoms with Crippen LogP contribution in [0.3, 0.4) is 0 Å². The van der Waals surface area contributed by atoms with E-state index in [2.05, 4.69) is 10.6 Å². The Labute approximate surface area is 176 Å². The Kier molecular flexibility index (Phi) is 7.56. The third-order valence-corrected chi connectivity index (χ3v) is 5.05. The molecule has 6 nitrogen and oxygen atoms in total. The van der Waals surface area contributed by atoms with E-state index >= 15 is 0 Å². The second kappa shape index (κ2) is 9.69. The van der Waals surface area contributed by atoms with Crippen LogP contribution in [0.15, 0.2) is 47.4 Å². The molecule has 2 N–H and O–H groups in total. The fourth-order valence-corrected chi connectivity index (χ4v) is 3.48. The molecule has 2 amide bonds. The van der Waals surface area contributed by atoms with Gasteiger partial charge in [-0.3, -0.25) is 9.59 Å². The fourth-order valence-electron chi connectivity index (χ4n) is 2.58. The summed E-state index contributed by atoms with van der Waals surface area (Å²) in [6.45, 7) is 7.55. The molecule has 0 saturated heterocycles. The van der Waals surface area contributed by atoms with E-state index in [4.69, 9.17) is 9.47 Å². The van der Waals surface area contributed by atoms with Crippen molar-refractivity contribution in [3.05, 3.63) is 48.0 Å². The summed E-state index contributed by atoms with van der Waals surface area (Å²) in [5.74, 6) is 0.816. The maximum atomic E-state index is 12.7. The van der Waals surface area contributed by atoms with E-state index in [-0.39, 0.29) is 22.6 Å². The van der Waals surface area contributed by atoms with Crippen LogP contribution < -0.4 is 20.1 Å². The summed E-state index contributed by atoms with van der Waals surface area (Å²) in [6.07, 6.45) is 0. The van der Waals surface area contributed by atoms with Crippen molar-refractivity contribution in [2.24, 2.45) is 0 Å². The lowest BCUT2D eigenvalue weighted by Gasteiger charge is -2.22. The zero-order chi connectivity index (χ0) is 21.6. The molecule has 0 radical (unpaired) electrons. The van der Waals surface area contributed by atoms with Crippen molar-refractivity contribution in [1.82, 2.24) is 5.32 Å². The van der Waals surface area contributed by atoms with E-state index in [1.54, 1.807) is 44.6 Å². The number of para-hydroxylation sites is 1. The molecule has 0 unspecified atom stereocenters. The molecule has 156 valence electrons. The molecule has 0 aliphatic heterocycles. The van der Waals surface area contributed by atoms with E-state index in [1.807, 2.05) is 39.8 Å². The van der Waals surface area contributed by atoms with Crippen molar-refractivity contribution in [3.63, 3.8) is 0 Å². The Morgan fingerprint density at radius 1 is 1.00 bits per heavy atom. The molecule has 0 aliphatic rings. The van der Waals surface area contributed by atoms with Crippen molar-refractivity contribution < 1.29 is 19.1 Å². The van der Waals surface area contributed by atoms with Crippen LogP contribution in [0.4, 0.5) is 5.69 Å². The number of hydrogen-bond acceptors (Lipinski definition) is 5. The van der Waals surface area contributed by atoms with Crippen LogP contribution in [-0.4, -0.2) is 36.8 Å². The zero-order valence-corrected chi connectivity index (χ0v) is 18.5. The van der Waals surface area contributed by atoms with Crippen LogP contribution in [0, 0.1) is 0 Å². The average Bonchev–Trinajstić information content (AvgIpc) is 2.66. The van der Waals surface area contributed by atoms with E-state index in [0.717, 1.165) is 4.90 Å².